The van der Waals surface area contributed by atoms with Gasteiger partial charge in [0.25, 0.3) is 0 Å². The van der Waals surface area contributed by atoms with Gasteiger partial charge in [-0.05, 0) is 17.2 Å². The highest BCUT2D eigenvalue weighted by atomic mass is 32.2. The summed E-state index contributed by atoms with van der Waals surface area (Å²) in [5, 5.41) is 4.42. The van der Waals surface area contributed by atoms with Gasteiger partial charge in [-0.25, -0.2) is 0 Å². The number of hydrogen-bond acceptors (Lipinski definition) is 2. The molecule has 22 heavy (non-hydrogen) atoms. The lowest BCUT2D eigenvalue weighted by atomic mass is 10.1. The van der Waals surface area contributed by atoms with Gasteiger partial charge in [-0.2, -0.15) is 10.9 Å². The van der Waals surface area contributed by atoms with Gasteiger partial charge in [0, 0.05) is 0 Å². The van der Waals surface area contributed by atoms with E-state index in [0.29, 0.717) is 0 Å². The summed E-state index contributed by atoms with van der Waals surface area (Å²) in [4.78, 5) is 11.9. The standard InChI is InChI=1S/C19H34O2S/c1-3-4-5-6-7-8-9-10-11-12-15-18(19(20)21-2)22-16-13-14-17-22/h13-14,16-18,22H,3-12,15H2,1-2H3. The molecule has 0 saturated heterocycles. The molecule has 0 aromatic heterocycles. The van der Waals surface area contributed by atoms with Crippen LogP contribution in [0.15, 0.2) is 23.0 Å². The minimum absolute atomic E-state index is 0.0294. The van der Waals surface area contributed by atoms with Crippen LogP contribution in [0.2, 0.25) is 0 Å². The first-order chi connectivity index (χ1) is 10.8. The van der Waals surface area contributed by atoms with E-state index in [2.05, 4.69) is 29.9 Å². The van der Waals surface area contributed by atoms with Gasteiger partial charge in [-0.1, -0.05) is 83.3 Å². The molecule has 1 atom stereocenters. The molecule has 0 N–H and O–H groups in total. The van der Waals surface area contributed by atoms with Crippen LogP contribution in [-0.4, -0.2) is 18.3 Å². The molecule has 0 radical (unpaired) electrons. The molecule has 0 bridgehead atoms. The van der Waals surface area contributed by atoms with Crippen molar-refractivity contribution in [2.24, 2.45) is 0 Å². The van der Waals surface area contributed by atoms with Crippen LogP contribution in [0.4, 0.5) is 0 Å². The van der Waals surface area contributed by atoms with Gasteiger partial charge in [-0.3, -0.25) is 4.79 Å². The van der Waals surface area contributed by atoms with Crippen LogP contribution in [0.25, 0.3) is 0 Å². The van der Waals surface area contributed by atoms with Crippen molar-refractivity contribution in [1.29, 1.82) is 0 Å². The molecule has 0 aromatic carbocycles. The third-order valence-electron chi connectivity index (χ3n) is 4.29. The third kappa shape index (κ3) is 8.07. The van der Waals surface area contributed by atoms with Crippen molar-refractivity contribution in [3.05, 3.63) is 23.0 Å². The predicted octanol–water partition coefficient (Wildman–Crippen LogP) is 5.88. The summed E-state index contributed by atoms with van der Waals surface area (Å²) in [6, 6.07) is 0. The van der Waals surface area contributed by atoms with Crippen molar-refractivity contribution in [2.75, 3.05) is 7.11 Å². The van der Waals surface area contributed by atoms with Crippen LogP contribution in [-0.2, 0) is 9.53 Å². The van der Waals surface area contributed by atoms with Gasteiger partial charge in [0.1, 0.15) is 0 Å². The fourth-order valence-electron chi connectivity index (χ4n) is 2.91. The molecule has 128 valence electrons. The second-order valence-electron chi connectivity index (χ2n) is 6.14. The van der Waals surface area contributed by atoms with E-state index in [-0.39, 0.29) is 11.2 Å². The molecule has 2 nitrogen and oxygen atoms in total. The summed E-state index contributed by atoms with van der Waals surface area (Å²) in [7, 11) is 1.08. The largest absolute Gasteiger partial charge is 0.468 e. The number of carbonyl (C=O) groups is 1. The molecular weight excluding hydrogens is 292 g/mol. The van der Waals surface area contributed by atoms with E-state index >= 15 is 0 Å². The summed E-state index contributed by atoms with van der Waals surface area (Å²) < 4.78 is 4.98. The Kier molecular flexibility index (Phi) is 11.3. The number of rotatable bonds is 13. The lowest BCUT2D eigenvalue weighted by molar-refractivity contribution is -0.140. The third-order valence-corrected chi connectivity index (χ3v) is 6.51. The number of hydrogen-bond donors (Lipinski definition) is 1. The molecule has 0 aromatic rings. The van der Waals surface area contributed by atoms with Crippen LogP contribution >= 0.6 is 10.9 Å². The summed E-state index contributed by atoms with van der Waals surface area (Å²) >= 11 is 0. The van der Waals surface area contributed by atoms with Crippen LogP contribution < -0.4 is 0 Å². The first-order valence-corrected chi connectivity index (χ1v) is 10.5. The Balaban J connectivity index is 2.05. The summed E-state index contributed by atoms with van der Waals surface area (Å²) in [5.41, 5.74) is 0. The highest BCUT2D eigenvalue weighted by Gasteiger charge is 2.23. The number of ether oxygens (including phenoxy) is 1. The number of esters is 1. The molecule has 1 heterocycles. The van der Waals surface area contributed by atoms with Crippen LogP contribution in [0.3, 0.4) is 0 Å². The fraction of sp³-hybridized carbons (Fsp3) is 0.737. The van der Waals surface area contributed by atoms with E-state index in [9.17, 15) is 4.79 Å². The molecule has 3 heteroatoms. The molecule has 1 unspecified atom stereocenters. The Morgan fingerprint density at radius 3 is 1.91 bits per heavy atom. The molecule has 1 aliphatic heterocycles. The second-order valence-corrected chi connectivity index (χ2v) is 8.25. The number of unbranched alkanes of at least 4 members (excludes halogenated alkanes) is 9. The van der Waals surface area contributed by atoms with E-state index in [1.54, 1.807) is 0 Å². The molecule has 0 fully saturated rings. The van der Waals surface area contributed by atoms with E-state index in [1.807, 2.05) is 0 Å². The van der Waals surface area contributed by atoms with Crippen molar-refractivity contribution >= 4 is 16.9 Å². The van der Waals surface area contributed by atoms with Crippen LogP contribution in [0, 0.1) is 0 Å². The Morgan fingerprint density at radius 1 is 0.909 bits per heavy atom. The first-order valence-electron chi connectivity index (χ1n) is 9.00. The number of carbonyl (C=O) groups excluding carboxylic acids is 1. The maximum absolute atomic E-state index is 11.9. The Labute approximate surface area is 139 Å². The molecular formula is C19H34O2S. The second kappa shape index (κ2) is 12.8. The van der Waals surface area contributed by atoms with Gasteiger partial charge < -0.3 is 4.74 Å². The van der Waals surface area contributed by atoms with Gasteiger partial charge in [-0.15, -0.1) is 0 Å². The van der Waals surface area contributed by atoms with Crippen molar-refractivity contribution < 1.29 is 9.53 Å². The summed E-state index contributed by atoms with van der Waals surface area (Å²) in [6.07, 6.45) is 18.4. The zero-order chi connectivity index (χ0) is 16.0. The molecule has 1 rings (SSSR count). The number of allylic oxidation sites excluding steroid dienone is 2. The average Bonchev–Trinajstić information content (AvgIpc) is 3.06. The predicted molar refractivity (Wildman–Crippen MR) is 99.5 cm³/mol. The van der Waals surface area contributed by atoms with Crippen molar-refractivity contribution in [3.8, 4) is 0 Å². The first kappa shape index (κ1) is 19.3. The van der Waals surface area contributed by atoms with Gasteiger partial charge in [0.05, 0.1) is 12.4 Å². The lowest BCUT2D eigenvalue weighted by Gasteiger charge is -2.21. The van der Waals surface area contributed by atoms with Gasteiger partial charge in [0.2, 0.25) is 0 Å². The topological polar surface area (TPSA) is 26.3 Å². The molecule has 0 saturated carbocycles. The van der Waals surface area contributed by atoms with Crippen LogP contribution in [0.1, 0.15) is 77.6 Å². The minimum atomic E-state index is -0.426. The highest BCUT2D eigenvalue weighted by molar-refractivity contribution is 8.23. The normalized spacial score (nSPS) is 16.2. The summed E-state index contributed by atoms with van der Waals surface area (Å²) in [5.74, 6) is -0.0294. The van der Waals surface area contributed by atoms with E-state index in [4.69, 9.17) is 4.74 Å². The monoisotopic (exact) mass is 326 g/mol. The number of methoxy groups -OCH3 is 1. The minimum Gasteiger partial charge on any atom is -0.468 e. The molecule has 0 amide bonds. The smallest absolute Gasteiger partial charge is 0.317 e. The average molecular weight is 327 g/mol. The Bertz CT molecular complexity index is 337. The fourth-order valence-corrected chi connectivity index (χ4v) is 4.85. The molecule has 0 aliphatic carbocycles. The maximum atomic E-state index is 11.9. The molecule has 0 spiro atoms. The Morgan fingerprint density at radius 2 is 1.41 bits per heavy atom. The quantitative estimate of drug-likeness (QED) is 0.260. The van der Waals surface area contributed by atoms with E-state index in [1.165, 1.54) is 64.9 Å². The van der Waals surface area contributed by atoms with Crippen molar-refractivity contribution in [3.63, 3.8) is 0 Å². The Hall–Kier alpha value is -0.700. The zero-order valence-electron chi connectivity index (χ0n) is 14.4. The van der Waals surface area contributed by atoms with Gasteiger partial charge >= 0.3 is 5.97 Å². The van der Waals surface area contributed by atoms with E-state index in [0.717, 1.165) is 12.8 Å². The van der Waals surface area contributed by atoms with Crippen molar-refractivity contribution in [2.45, 2.75) is 82.8 Å². The number of thiol groups is 1. The van der Waals surface area contributed by atoms with Gasteiger partial charge in [0.15, 0.2) is 0 Å². The maximum Gasteiger partial charge on any atom is 0.317 e. The summed E-state index contributed by atoms with van der Waals surface area (Å²) in [6.45, 7) is 2.26. The molecule has 1 aliphatic rings. The highest BCUT2D eigenvalue weighted by Crippen LogP contribution is 2.41. The lowest BCUT2D eigenvalue weighted by Crippen LogP contribution is -2.21. The zero-order valence-corrected chi connectivity index (χ0v) is 15.3. The van der Waals surface area contributed by atoms with Crippen LogP contribution in [0.5, 0.6) is 0 Å². The SMILES string of the molecule is CCCCCCCCCCCCC(C(=O)OC)[SH]1C=CC=C1. The van der Waals surface area contributed by atoms with Crippen molar-refractivity contribution in [1.82, 2.24) is 0 Å². The van der Waals surface area contributed by atoms with E-state index < -0.39 is 10.9 Å².